The maximum atomic E-state index is 11.9. The van der Waals surface area contributed by atoms with Crippen molar-refractivity contribution >= 4 is 6.03 Å². The molecule has 0 rings (SSSR count). The quantitative estimate of drug-likeness (QED) is 0.701. The first-order valence-electron chi connectivity index (χ1n) is 7.17. The second-order valence-corrected chi connectivity index (χ2v) is 7.59. The van der Waals surface area contributed by atoms with Gasteiger partial charge in [-0.15, -0.1) is 0 Å². The van der Waals surface area contributed by atoms with E-state index in [1.165, 1.54) is 0 Å². The fraction of sp³-hybridized carbons (Fsp3) is 0.933. The standard InChI is InChI=1S/C15H32N2O3/c1-14(2,3)8-11(10-18)17-13(19)16-9-12(20-7)15(4,5)6/h11-12,18H,8-10H2,1-7H3,(H2,16,17,19). The molecule has 0 aromatic heterocycles. The van der Waals surface area contributed by atoms with Crippen LogP contribution in [0.1, 0.15) is 48.0 Å². The minimum atomic E-state index is -0.264. The highest BCUT2D eigenvalue weighted by atomic mass is 16.5. The third kappa shape index (κ3) is 8.38. The number of aliphatic hydroxyl groups excluding tert-OH is 1. The second kappa shape index (κ2) is 7.84. The van der Waals surface area contributed by atoms with Crippen molar-refractivity contribution in [1.82, 2.24) is 10.6 Å². The Hall–Kier alpha value is -0.810. The Balaban J connectivity index is 4.27. The highest BCUT2D eigenvalue weighted by Crippen LogP contribution is 2.21. The number of rotatable bonds is 6. The summed E-state index contributed by atoms with van der Waals surface area (Å²) in [5.41, 5.74) is 0.0188. The van der Waals surface area contributed by atoms with Crippen molar-refractivity contribution in [2.45, 2.75) is 60.1 Å². The van der Waals surface area contributed by atoms with E-state index in [0.717, 1.165) is 6.42 Å². The van der Waals surface area contributed by atoms with Crippen LogP contribution in [-0.4, -0.2) is 43.5 Å². The molecule has 0 fully saturated rings. The Kier molecular flexibility index (Phi) is 7.52. The van der Waals surface area contributed by atoms with E-state index < -0.39 is 0 Å². The molecule has 5 nitrogen and oxygen atoms in total. The molecule has 0 aliphatic heterocycles. The third-order valence-corrected chi connectivity index (χ3v) is 3.11. The van der Waals surface area contributed by atoms with Crippen LogP contribution in [-0.2, 0) is 4.74 Å². The van der Waals surface area contributed by atoms with E-state index in [4.69, 9.17) is 4.74 Å². The summed E-state index contributed by atoms with van der Waals surface area (Å²) in [4.78, 5) is 11.9. The molecule has 0 heterocycles. The molecule has 120 valence electrons. The fourth-order valence-corrected chi connectivity index (χ4v) is 2.07. The highest BCUT2D eigenvalue weighted by molar-refractivity contribution is 5.74. The number of urea groups is 1. The summed E-state index contributed by atoms with van der Waals surface area (Å²) in [5, 5.41) is 14.9. The van der Waals surface area contributed by atoms with Gasteiger partial charge in [-0.2, -0.15) is 0 Å². The van der Waals surface area contributed by atoms with Crippen LogP contribution in [0.2, 0.25) is 0 Å². The van der Waals surface area contributed by atoms with Gasteiger partial charge >= 0.3 is 6.03 Å². The van der Waals surface area contributed by atoms with E-state index in [2.05, 4.69) is 52.2 Å². The Bertz CT molecular complexity index is 292. The molecular weight excluding hydrogens is 256 g/mol. The van der Waals surface area contributed by atoms with Crippen molar-refractivity contribution in [3.8, 4) is 0 Å². The first-order chi connectivity index (χ1) is 8.99. The summed E-state index contributed by atoms with van der Waals surface area (Å²) >= 11 is 0. The summed E-state index contributed by atoms with van der Waals surface area (Å²) in [6.45, 7) is 12.8. The molecule has 0 radical (unpaired) electrons. The predicted octanol–water partition coefficient (Wildman–Crippen LogP) is 2.14. The number of methoxy groups -OCH3 is 1. The topological polar surface area (TPSA) is 70.6 Å². The zero-order valence-corrected chi connectivity index (χ0v) is 14.0. The molecule has 0 aliphatic rings. The van der Waals surface area contributed by atoms with Crippen LogP contribution in [0.25, 0.3) is 0 Å². The maximum absolute atomic E-state index is 11.9. The average Bonchev–Trinajstić information content (AvgIpc) is 2.25. The normalized spacial score (nSPS) is 15.6. The Morgan fingerprint density at radius 1 is 1.20 bits per heavy atom. The number of nitrogens with one attached hydrogen (secondary N) is 2. The van der Waals surface area contributed by atoms with Gasteiger partial charge in [0.05, 0.1) is 18.8 Å². The van der Waals surface area contributed by atoms with Gasteiger partial charge in [-0.1, -0.05) is 41.5 Å². The first kappa shape index (κ1) is 19.2. The van der Waals surface area contributed by atoms with E-state index in [1.807, 2.05) is 0 Å². The van der Waals surface area contributed by atoms with Crippen LogP contribution in [0, 0.1) is 10.8 Å². The first-order valence-corrected chi connectivity index (χ1v) is 7.17. The van der Waals surface area contributed by atoms with E-state index >= 15 is 0 Å². The number of carbonyl (C=O) groups is 1. The lowest BCUT2D eigenvalue weighted by Crippen LogP contribution is -2.49. The van der Waals surface area contributed by atoms with E-state index in [9.17, 15) is 9.90 Å². The summed E-state index contributed by atoms with van der Waals surface area (Å²) < 4.78 is 5.39. The Morgan fingerprint density at radius 3 is 2.10 bits per heavy atom. The van der Waals surface area contributed by atoms with Gasteiger partial charge in [0.2, 0.25) is 0 Å². The average molecular weight is 288 g/mol. The smallest absolute Gasteiger partial charge is 0.315 e. The van der Waals surface area contributed by atoms with Crippen molar-refractivity contribution in [2.75, 3.05) is 20.3 Å². The van der Waals surface area contributed by atoms with Crippen LogP contribution in [0.5, 0.6) is 0 Å². The lowest BCUT2D eigenvalue weighted by Gasteiger charge is -2.30. The molecule has 20 heavy (non-hydrogen) atoms. The number of hydrogen-bond donors (Lipinski definition) is 3. The van der Waals surface area contributed by atoms with Crippen molar-refractivity contribution in [3.63, 3.8) is 0 Å². The number of aliphatic hydroxyl groups is 1. The number of carbonyl (C=O) groups excluding carboxylic acids is 1. The lowest BCUT2D eigenvalue weighted by molar-refractivity contribution is 0.0192. The molecule has 5 heteroatoms. The van der Waals surface area contributed by atoms with Gasteiger partial charge in [0, 0.05) is 13.7 Å². The summed E-state index contributed by atoms with van der Waals surface area (Å²) in [6.07, 6.45) is 0.674. The summed E-state index contributed by atoms with van der Waals surface area (Å²) in [6, 6.07) is -0.495. The maximum Gasteiger partial charge on any atom is 0.315 e. The Morgan fingerprint density at radius 2 is 1.75 bits per heavy atom. The molecule has 0 bridgehead atoms. The van der Waals surface area contributed by atoms with Crippen LogP contribution in [0.4, 0.5) is 4.79 Å². The van der Waals surface area contributed by atoms with Gasteiger partial charge in [-0.3, -0.25) is 0 Å². The molecule has 0 spiro atoms. The number of amides is 2. The van der Waals surface area contributed by atoms with Crippen molar-refractivity contribution < 1.29 is 14.6 Å². The molecular formula is C15H32N2O3. The van der Waals surface area contributed by atoms with Gasteiger partial charge < -0.3 is 20.5 Å². The van der Waals surface area contributed by atoms with Gasteiger partial charge in [-0.25, -0.2) is 4.79 Å². The molecule has 2 amide bonds. The van der Waals surface area contributed by atoms with Gasteiger partial charge in [0.15, 0.2) is 0 Å². The van der Waals surface area contributed by atoms with Gasteiger partial charge in [0.1, 0.15) is 0 Å². The molecule has 3 N–H and O–H groups in total. The van der Waals surface area contributed by atoms with Crippen LogP contribution < -0.4 is 10.6 Å². The minimum Gasteiger partial charge on any atom is -0.394 e. The number of ether oxygens (including phenoxy) is 1. The summed E-state index contributed by atoms with van der Waals surface area (Å²) in [5.74, 6) is 0. The monoisotopic (exact) mass is 288 g/mol. The highest BCUT2D eigenvalue weighted by Gasteiger charge is 2.25. The molecule has 0 aromatic carbocycles. The van der Waals surface area contributed by atoms with Crippen molar-refractivity contribution in [2.24, 2.45) is 10.8 Å². The number of hydrogen-bond acceptors (Lipinski definition) is 3. The molecule has 0 aromatic rings. The predicted molar refractivity (Wildman–Crippen MR) is 81.7 cm³/mol. The Labute approximate surface area is 123 Å². The van der Waals surface area contributed by atoms with E-state index in [-0.39, 0.29) is 35.6 Å². The molecule has 0 saturated heterocycles. The van der Waals surface area contributed by atoms with Gasteiger partial charge in [-0.05, 0) is 17.3 Å². The zero-order valence-electron chi connectivity index (χ0n) is 14.0. The lowest BCUT2D eigenvalue weighted by atomic mass is 9.88. The molecule has 0 saturated carbocycles. The zero-order chi connectivity index (χ0) is 16.0. The van der Waals surface area contributed by atoms with Crippen molar-refractivity contribution in [1.29, 1.82) is 0 Å². The largest absolute Gasteiger partial charge is 0.394 e. The second-order valence-electron chi connectivity index (χ2n) is 7.59. The van der Waals surface area contributed by atoms with E-state index in [0.29, 0.717) is 6.54 Å². The van der Waals surface area contributed by atoms with Gasteiger partial charge in [0.25, 0.3) is 0 Å². The molecule has 0 aliphatic carbocycles. The fourth-order valence-electron chi connectivity index (χ4n) is 2.07. The molecule has 2 unspecified atom stereocenters. The van der Waals surface area contributed by atoms with Crippen LogP contribution >= 0.6 is 0 Å². The van der Waals surface area contributed by atoms with Crippen LogP contribution in [0.15, 0.2) is 0 Å². The third-order valence-electron chi connectivity index (χ3n) is 3.11. The molecule has 2 atom stereocenters. The van der Waals surface area contributed by atoms with Crippen LogP contribution in [0.3, 0.4) is 0 Å². The SMILES string of the molecule is COC(CNC(=O)NC(CO)CC(C)(C)C)C(C)(C)C. The van der Waals surface area contributed by atoms with Crippen molar-refractivity contribution in [3.05, 3.63) is 0 Å². The summed E-state index contributed by atoms with van der Waals surface area (Å²) in [7, 11) is 1.64. The van der Waals surface area contributed by atoms with E-state index in [1.54, 1.807) is 7.11 Å². The minimum absolute atomic E-state index is 0.0379.